The first-order valence-corrected chi connectivity index (χ1v) is 12.0. The molecule has 162 valence electrons. The SMILES string of the molecule is Cc1nc(N2CCCN(c3ccc(-c4cc(F)ccc4Cl)cc3)C2=O)sc1S(N)(=O)=O. The minimum Gasteiger partial charge on any atom is -0.294 e. The zero-order valence-corrected chi connectivity index (χ0v) is 18.8. The lowest BCUT2D eigenvalue weighted by atomic mass is 10.0. The highest BCUT2D eigenvalue weighted by Crippen LogP contribution is 2.34. The molecule has 3 aromatic rings. The maximum absolute atomic E-state index is 13.6. The average Bonchev–Trinajstić information content (AvgIpc) is 3.12. The summed E-state index contributed by atoms with van der Waals surface area (Å²) in [7, 11) is -3.91. The largest absolute Gasteiger partial charge is 0.330 e. The number of nitrogens with two attached hydrogens (primary N) is 1. The molecule has 0 atom stereocenters. The third-order valence-electron chi connectivity index (χ3n) is 4.88. The van der Waals surface area contributed by atoms with Gasteiger partial charge in [0, 0.05) is 29.4 Å². The number of nitrogens with zero attached hydrogens (tertiary/aromatic N) is 3. The van der Waals surface area contributed by atoms with Crippen LogP contribution in [0.1, 0.15) is 12.1 Å². The number of urea groups is 1. The lowest BCUT2D eigenvalue weighted by Crippen LogP contribution is -2.49. The van der Waals surface area contributed by atoms with Crippen molar-refractivity contribution in [3.05, 3.63) is 59.0 Å². The zero-order chi connectivity index (χ0) is 22.3. The molecule has 2 N–H and O–H groups in total. The van der Waals surface area contributed by atoms with Gasteiger partial charge >= 0.3 is 6.03 Å². The highest BCUT2D eigenvalue weighted by atomic mass is 35.5. The summed E-state index contributed by atoms with van der Waals surface area (Å²) in [5.41, 5.74) is 2.21. The second kappa shape index (κ2) is 8.19. The summed E-state index contributed by atoms with van der Waals surface area (Å²) in [5.74, 6) is -0.386. The Morgan fingerprint density at radius 1 is 1.13 bits per heavy atom. The summed E-state index contributed by atoms with van der Waals surface area (Å²) >= 11 is 7.06. The summed E-state index contributed by atoms with van der Waals surface area (Å²) < 4.78 is 37.0. The number of anilines is 2. The van der Waals surface area contributed by atoms with Crippen LogP contribution in [0.25, 0.3) is 11.1 Å². The topological polar surface area (TPSA) is 96.6 Å². The van der Waals surface area contributed by atoms with Gasteiger partial charge in [-0.05, 0) is 49.2 Å². The molecule has 0 bridgehead atoms. The molecule has 1 fully saturated rings. The number of rotatable bonds is 4. The number of carbonyl (C=O) groups is 1. The maximum atomic E-state index is 13.6. The van der Waals surface area contributed by atoms with E-state index < -0.39 is 10.0 Å². The fraction of sp³-hybridized carbons (Fsp3) is 0.200. The van der Waals surface area contributed by atoms with Crippen LogP contribution in [0.5, 0.6) is 0 Å². The molecule has 2 heterocycles. The van der Waals surface area contributed by atoms with Crippen molar-refractivity contribution in [3.8, 4) is 11.1 Å². The first-order chi connectivity index (χ1) is 14.6. The zero-order valence-electron chi connectivity index (χ0n) is 16.4. The highest BCUT2D eigenvalue weighted by Gasteiger charge is 2.31. The molecule has 0 radical (unpaired) electrons. The second-order valence-corrected chi connectivity index (χ2v) is 10.2. The maximum Gasteiger partial charge on any atom is 0.330 e. The molecule has 11 heteroatoms. The first kappa shape index (κ1) is 21.7. The second-order valence-electron chi connectivity index (χ2n) is 7.02. The van der Waals surface area contributed by atoms with Crippen LogP contribution >= 0.6 is 22.9 Å². The Labute approximate surface area is 187 Å². The normalized spacial score (nSPS) is 14.9. The van der Waals surface area contributed by atoms with E-state index in [2.05, 4.69) is 4.98 Å². The van der Waals surface area contributed by atoms with Crippen LogP contribution in [0.4, 0.5) is 20.0 Å². The lowest BCUT2D eigenvalue weighted by Gasteiger charge is -2.34. The van der Waals surface area contributed by atoms with Crippen molar-refractivity contribution in [2.24, 2.45) is 5.14 Å². The van der Waals surface area contributed by atoms with Gasteiger partial charge in [-0.25, -0.2) is 27.7 Å². The average molecular weight is 481 g/mol. The fourth-order valence-corrected chi connectivity index (χ4v) is 5.62. The van der Waals surface area contributed by atoms with Crippen LogP contribution in [-0.2, 0) is 10.0 Å². The number of carbonyl (C=O) groups excluding carboxylic acids is 1. The molecular formula is C20H18ClFN4O3S2. The minimum absolute atomic E-state index is 0.0521. The molecule has 2 aromatic carbocycles. The third-order valence-corrected chi connectivity index (χ3v) is 7.94. The number of hydrogen-bond donors (Lipinski definition) is 1. The van der Waals surface area contributed by atoms with Crippen molar-refractivity contribution in [2.75, 3.05) is 22.9 Å². The lowest BCUT2D eigenvalue weighted by molar-refractivity contribution is 0.248. The van der Waals surface area contributed by atoms with Gasteiger partial charge in [-0.3, -0.25) is 9.80 Å². The van der Waals surface area contributed by atoms with Crippen LogP contribution in [0.3, 0.4) is 0 Å². The number of aromatic nitrogens is 1. The van der Waals surface area contributed by atoms with Crippen molar-refractivity contribution >= 4 is 49.8 Å². The van der Waals surface area contributed by atoms with E-state index in [0.717, 1.165) is 16.9 Å². The van der Waals surface area contributed by atoms with E-state index in [9.17, 15) is 17.6 Å². The molecule has 31 heavy (non-hydrogen) atoms. The number of thiazole rings is 1. The molecule has 7 nitrogen and oxygen atoms in total. The summed E-state index contributed by atoms with van der Waals surface area (Å²) in [6, 6.07) is 10.9. The molecule has 0 aliphatic carbocycles. The fourth-order valence-electron chi connectivity index (χ4n) is 3.43. The van der Waals surface area contributed by atoms with Gasteiger partial charge in [0.1, 0.15) is 5.82 Å². The van der Waals surface area contributed by atoms with E-state index in [1.807, 2.05) is 0 Å². The van der Waals surface area contributed by atoms with E-state index in [-0.39, 0.29) is 21.8 Å². The number of amides is 2. The standard InChI is InChI=1S/C20H18ClFN4O3S2/c1-12-18(31(23,28)29)30-19(24-12)26-10-2-9-25(20(26)27)15-6-3-13(4-7-15)16-11-14(22)5-8-17(16)21/h3-8,11H,2,9-10H2,1H3,(H2,23,28,29). The monoisotopic (exact) mass is 480 g/mol. The van der Waals surface area contributed by atoms with Gasteiger partial charge in [0.25, 0.3) is 0 Å². The quantitative estimate of drug-likeness (QED) is 0.598. The van der Waals surface area contributed by atoms with Crippen molar-refractivity contribution in [3.63, 3.8) is 0 Å². The van der Waals surface area contributed by atoms with Gasteiger partial charge in [-0.1, -0.05) is 35.1 Å². The predicted octanol–water partition coefficient (Wildman–Crippen LogP) is 4.40. The van der Waals surface area contributed by atoms with Crippen molar-refractivity contribution < 1.29 is 17.6 Å². The van der Waals surface area contributed by atoms with Gasteiger partial charge in [-0.15, -0.1) is 0 Å². The van der Waals surface area contributed by atoms with Crippen molar-refractivity contribution in [1.29, 1.82) is 0 Å². The van der Waals surface area contributed by atoms with E-state index in [4.69, 9.17) is 16.7 Å². The van der Waals surface area contributed by atoms with E-state index in [1.165, 1.54) is 23.1 Å². The number of primary sulfonamides is 1. The Kier molecular flexibility index (Phi) is 5.73. The molecule has 4 rings (SSSR count). The summed E-state index contributed by atoms with van der Waals surface area (Å²) in [6.45, 7) is 2.47. The number of benzene rings is 2. The van der Waals surface area contributed by atoms with Gasteiger partial charge in [-0.2, -0.15) is 0 Å². The number of hydrogen-bond acceptors (Lipinski definition) is 5. The van der Waals surface area contributed by atoms with Gasteiger partial charge in [0.15, 0.2) is 9.34 Å². The number of sulfonamides is 1. The summed E-state index contributed by atoms with van der Waals surface area (Å²) in [4.78, 5) is 20.4. The van der Waals surface area contributed by atoms with E-state index >= 15 is 0 Å². The Bertz CT molecular complexity index is 1260. The van der Waals surface area contributed by atoms with Gasteiger partial charge < -0.3 is 0 Å². The molecule has 1 aromatic heterocycles. The van der Waals surface area contributed by atoms with Crippen molar-refractivity contribution in [2.45, 2.75) is 17.6 Å². The van der Waals surface area contributed by atoms with Crippen LogP contribution in [0.2, 0.25) is 5.02 Å². The molecular weight excluding hydrogens is 463 g/mol. The van der Waals surface area contributed by atoms with Crippen LogP contribution in [-0.4, -0.2) is 32.5 Å². The number of aryl methyl sites for hydroxylation is 1. The smallest absolute Gasteiger partial charge is 0.294 e. The van der Waals surface area contributed by atoms with Gasteiger partial charge in [0.05, 0.1) is 5.69 Å². The Balaban J connectivity index is 1.61. The molecule has 2 amide bonds. The molecule has 1 aliphatic rings. The van der Waals surface area contributed by atoms with Crippen LogP contribution in [0, 0.1) is 12.7 Å². The summed E-state index contributed by atoms with van der Waals surface area (Å²) in [5, 5.41) is 5.95. The number of halogens is 2. The van der Waals surface area contributed by atoms with Crippen LogP contribution in [0.15, 0.2) is 46.7 Å². The molecule has 1 saturated heterocycles. The molecule has 0 spiro atoms. The Morgan fingerprint density at radius 3 is 2.45 bits per heavy atom. The predicted molar refractivity (Wildman–Crippen MR) is 120 cm³/mol. The Hall–Kier alpha value is -2.53. The van der Waals surface area contributed by atoms with Crippen molar-refractivity contribution in [1.82, 2.24) is 4.98 Å². The van der Waals surface area contributed by atoms with E-state index in [1.54, 1.807) is 36.1 Å². The third kappa shape index (κ3) is 4.29. The minimum atomic E-state index is -3.91. The summed E-state index contributed by atoms with van der Waals surface area (Å²) in [6.07, 6.45) is 0.673. The first-order valence-electron chi connectivity index (χ1n) is 9.30. The molecule has 0 saturated carbocycles. The Morgan fingerprint density at radius 2 is 1.81 bits per heavy atom. The van der Waals surface area contributed by atoms with Crippen LogP contribution < -0.4 is 14.9 Å². The highest BCUT2D eigenvalue weighted by molar-refractivity contribution is 7.91. The van der Waals surface area contributed by atoms with Gasteiger partial charge in [0.2, 0.25) is 10.0 Å². The van der Waals surface area contributed by atoms with E-state index in [0.29, 0.717) is 40.9 Å². The molecule has 0 unspecified atom stereocenters. The molecule has 1 aliphatic heterocycles.